The summed E-state index contributed by atoms with van der Waals surface area (Å²) in [5.41, 5.74) is -0.366. The van der Waals surface area contributed by atoms with E-state index in [4.69, 9.17) is 9.47 Å². The van der Waals surface area contributed by atoms with Crippen molar-refractivity contribution in [2.24, 2.45) is 0 Å². The lowest BCUT2D eigenvalue weighted by molar-refractivity contribution is -0.137. The van der Waals surface area contributed by atoms with Crippen LogP contribution < -0.4 is 9.46 Å². The number of hydrogen-bond donors (Lipinski definition) is 1. The molecule has 0 radical (unpaired) electrons. The number of nitrogens with one attached hydrogen (secondary N) is 1. The first kappa shape index (κ1) is 20.2. The van der Waals surface area contributed by atoms with Gasteiger partial charge in [0, 0.05) is 13.7 Å². The molecule has 0 aromatic heterocycles. The molecule has 5 nitrogen and oxygen atoms in total. The van der Waals surface area contributed by atoms with E-state index in [1.54, 1.807) is 24.3 Å². The van der Waals surface area contributed by atoms with Crippen molar-refractivity contribution in [2.75, 3.05) is 20.8 Å². The third-order valence-corrected chi connectivity index (χ3v) is 5.10. The quantitative estimate of drug-likeness (QED) is 0.789. The predicted octanol–water partition coefficient (Wildman–Crippen LogP) is 3.38. The van der Waals surface area contributed by atoms with Crippen molar-refractivity contribution >= 4 is 10.0 Å². The Labute approximate surface area is 149 Å². The first-order chi connectivity index (χ1) is 12.2. The molecule has 0 spiro atoms. The van der Waals surface area contributed by atoms with Crippen LogP contribution in [-0.4, -0.2) is 29.2 Å². The van der Waals surface area contributed by atoms with Gasteiger partial charge in [-0.15, -0.1) is 0 Å². The fourth-order valence-electron chi connectivity index (χ4n) is 2.29. The van der Waals surface area contributed by atoms with Crippen LogP contribution in [0.2, 0.25) is 0 Å². The van der Waals surface area contributed by atoms with Gasteiger partial charge in [0.1, 0.15) is 5.75 Å². The van der Waals surface area contributed by atoms with E-state index in [1.807, 2.05) is 0 Å². The molecule has 1 N–H and O–H groups in total. The molecule has 26 heavy (non-hydrogen) atoms. The van der Waals surface area contributed by atoms with Crippen molar-refractivity contribution in [2.45, 2.75) is 17.2 Å². The zero-order chi connectivity index (χ0) is 19.4. The third-order valence-electron chi connectivity index (χ3n) is 3.68. The molecular formula is C17H18F3NO4S. The SMILES string of the molecule is COc1cccc([C@@H](CNS(=O)(=O)c2cccc(C(F)(F)F)c2)OC)c1. The van der Waals surface area contributed by atoms with Gasteiger partial charge in [0.25, 0.3) is 0 Å². The van der Waals surface area contributed by atoms with E-state index in [0.717, 1.165) is 18.2 Å². The second-order valence-electron chi connectivity index (χ2n) is 5.38. The highest BCUT2D eigenvalue weighted by molar-refractivity contribution is 7.89. The predicted molar refractivity (Wildman–Crippen MR) is 89.4 cm³/mol. The van der Waals surface area contributed by atoms with Gasteiger partial charge in [-0.2, -0.15) is 13.2 Å². The van der Waals surface area contributed by atoms with Crippen molar-refractivity contribution < 1.29 is 31.1 Å². The van der Waals surface area contributed by atoms with Crippen LogP contribution in [0.25, 0.3) is 0 Å². The number of benzene rings is 2. The summed E-state index contributed by atoms with van der Waals surface area (Å²) in [6.45, 7) is -0.151. The fraction of sp³-hybridized carbons (Fsp3) is 0.294. The molecule has 0 bridgehead atoms. The van der Waals surface area contributed by atoms with Gasteiger partial charge in [-0.25, -0.2) is 13.1 Å². The Bertz CT molecular complexity index is 853. The van der Waals surface area contributed by atoms with E-state index in [1.165, 1.54) is 14.2 Å². The molecule has 2 aromatic carbocycles. The van der Waals surface area contributed by atoms with E-state index >= 15 is 0 Å². The minimum Gasteiger partial charge on any atom is -0.497 e. The summed E-state index contributed by atoms with van der Waals surface area (Å²) < 4.78 is 75.6. The summed E-state index contributed by atoms with van der Waals surface area (Å²) in [7, 11) is -1.23. The highest BCUT2D eigenvalue weighted by atomic mass is 32.2. The van der Waals surface area contributed by atoms with Crippen molar-refractivity contribution in [3.8, 4) is 5.75 Å². The first-order valence-corrected chi connectivity index (χ1v) is 8.99. The molecule has 0 saturated carbocycles. The maximum absolute atomic E-state index is 12.8. The Morgan fingerprint density at radius 2 is 1.77 bits per heavy atom. The molecule has 0 aliphatic rings. The van der Waals surface area contributed by atoms with Crippen LogP contribution in [0, 0.1) is 0 Å². The average molecular weight is 389 g/mol. The number of ether oxygens (including phenoxy) is 2. The molecule has 2 aromatic rings. The molecule has 0 aliphatic carbocycles. The van der Waals surface area contributed by atoms with Gasteiger partial charge >= 0.3 is 6.18 Å². The highest BCUT2D eigenvalue weighted by Gasteiger charge is 2.31. The number of sulfonamides is 1. The van der Waals surface area contributed by atoms with Gasteiger partial charge in [0.05, 0.1) is 23.7 Å². The van der Waals surface area contributed by atoms with Crippen LogP contribution in [0.5, 0.6) is 5.75 Å². The summed E-state index contributed by atoms with van der Waals surface area (Å²) in [5.74, 6) is 0.574. The maximum atomic E-state index is 12.8. The fourth-order valence-corrected chi connectivity index (χ4v) is 3.36. The van der Waals surface area contributed by atoms with Crippen LogP contribution in [-0.2, 0) is 20.9 Å². The smallest absolute Gasteiger partial charge is 0.416 e. The zero-order valence-electron chi connectivity index (χ0n) is 14.1. The number of alkyl halides is 3. The highest BCUT2D eigenvalue weighted by Crippen LogP contribution is 2.30. The minimum atomic E-state index is -4.62. The number of halogens is 3. The summed E-state index contributed by atoms with van der Waals surface area (Å²) in [6.07, 6.45) is -5.26. The number of rotatable bonds is 7. The van der Waals surface area contributed by atoms with E-state index in [2.05, 4.69) is 4.72 Å². The number of methoxy groups -OCH3 is 2. The molecule has 1 atom stereocenters. The largest absolute Gasteiger partial charge is 0.497 e. The Morgan fingerprint density at radius 3 is 2.38 bits per heavy atom. The molecule has 9 heteroatoms. The minimum absolute atomic E-state index is 0.151. The topological polar surface area (TPSA) is 64.6 Å². The first-order valence-electron chi connectivity index (χ1n) is 7.51. The summed E-state index contributed by atoms with van der Waals surface area (Å²) >= 11 is 0. The Kier molecular flexibility index (Phi) is 6.27. The van der Waals surface area contributed by atoms with Gasteiger partial charge in [-0.3, -0.25) is 0 Å². The van der Waals surface area contributed by atoms with Crippen LogP contribution in [0.15, 0.2) is 53.4 Å². The molecule has 2 rings (SSSR count). The molecule has 0 amide bonds. The van der Waals surface area contributed by atoms with Crippen LogP contribution >= 0.6 is 0 Å². The van der Waals surface area contributed by atoms with E-state index < -0.39 is 32.8 Å². The maximum Gasteiger partial charge on any atom is 0.416 e. The van der Waals surface area contributed by atoms with E-state index in [9.17, 15) is 21.6 Å². The molecule has 0 fully saturated rings. The molecular weight excluding hydrogens is 371 g/mol. The average Bonchev–Trinajstić information content (AvgIpc) is 2.62. The normalized spacial score (nSPS) is 13.4. The van der Waals surface area contributed by atoms with Crippen molar-refractivity contribution in [1.82, 2.24) is 4.72 Å². The summed E-state index contributed by atoms with van der Waals surface area (Å²) in [4.78, 5) is -0.465. The molecule has 0 aliphatic heterocycles. The lowest BCUT2D eigenvalue weighted by Gasteiger charge is -2.17. The van der Waals surface area contributed by atoms with Gasteiger partial charge in [-0.05, 0) is 35.9 Å². The van der Waals surface area contributed by atoms with Crippen LogP contribution in [0.4, 0.5) is 13.2 Å². The standard InChI is InChI=1S/C17H18F3NO4S/c1-24-14-7-3-5-12(9-14)16(25-2)11-21-26(22,23)15-8-4-6-13(10-15)17(18,19)20/h3-10,16,21H,11H2,1-2H3/t16-/m1/s1. The van der Waals surface area contributed by atoms with Gasteiger partial charge in [-0.1, -0.05) is 18.2 Å². The molecule has 142 valence electrons. The van der Waals surface area contributed by atoms with Crippen molar-refractivity contribution in [3.63, 3.8) is 0 Å². The monoisotopic (exact) mass is 389 g/mol. The number of hydrogen-bond acceptors (Lipinski definition) is 4. The molecule has 0 unspecified atom stereocenters. The van der Waals surface area contributed by atoms with E-state index in [-0.39, 0.29) is 6.54 Å². The van der Waals surface area contributed by atoms with Gasteiger partial charge in [0.15, 0.2) is 0 Å². The Hall–Kier alpha value is -2.10. The Morgan fingerprint density at radius 1 is 1.08 bits per heavy atom. The van der Waals surface area contributed by atoms with Gasteiger partial charge < -0.3 is 9.47 Å². The summed E-state index contributed by atoms with van der Waals surface area (Å²) in [5, 5.41) is 0. The Balaban J connectivity index is 2.18. The zero-order valence-corrected chi connectivity index (χ0v) is 14.9. The second kappa shape index (κ2) is 8.07. The van der Waals surface area contributed by atoms with E-state index in [0.29, 0.717) is 17.4 Å². The van der Waals surface area contributed by atoms with Crippen LogP contribution in [0.1, 0.15) is 17.2 Å². The van der Waals surface area contributed by atoms with Crippen molar-refractivity contribution in [3.05, 3.63) is 59.7 Å². The lowest BCUT2D eigenvalue weighted by atomic mass is 10.1. The van der Waals surface area contributed by atoms with Crippen molar-refractivity contribution in [1.29, 1.82) is 0 Å². The third kappa shape index (κ3) is 4.96. The summed E-state index contributed by atoms with van der Waals surface area (Å²) in [6, 6.07) is 10.4. The van der Waals surface area contributed by atoms with Crippen LogP contribution in [0.3, 0.4) is 0 Å². The molecule has 0 heterocycles. The lowest BCUT2D eigenvalue weighted by Crippen LogP contribution is -2.29. The molecule has 0 saturated heterocycles. The second-order valence-corrected chi connectivity index (χ2v) is 7.15. The van der Waals surface area contributed by atoms with Gasteiger partial charge in [0.2, 0.25) is 10.0 Å².